The Morgan fingerprint density at radius 2 is 2.11 bits per heavy atom. The van der Waals surface area contributed by atoms with Crippen molar-refractivity contribution in [1.29, 1.82) is 0 Å². The minimum absolute atomic E-state index is 0.0529. The second kappa shape index (κ2) is 7.11. The van der Waals surface area contributed by atoms with Gasteiger partial charge in [0.05, 0.1) is 5.69 Å². The average molecular weight is 252 g/mol. The Balaban J connectivity index is 2.72. The van der Waals surface area contributed by atoms with Crippen LogP contribution in [0.3, 0.4) is 0 Å². The normalized spacial score (nSPS) is 12.2. The van der Waals surface area contributed by atoms with E-state index >= 15 is 0 Å². The Bertz CT molecular complexity index is 395. The zero-order valence-corrected chi connectivity index (χ0v) is 11.0. The van der Waals surface area contributed by atoms with Gasteiger partial charge in [-0.25, -0.2) is 4.39 Å². The van der Waals surface area contributed by atoms with Gasteiger partial charge in [0, 0.05) is 13.0 Å². The fourth-order valence-electron chi connectivity index (χ4n) is 1.77. The third kappa shape index (κ3) is 3.81. The summed E-state index contributed by atoms with van der Waals surface area (Å²) < 4.78 is 13.6. The van der Waals surface area contributed by atoms with E-state index in [1.807, 2.05) is 13.8 Å². The van der Waals surface area contributed by atoms with Crippen LogP contribution < -0.4 is 10.6 Å². The van der Waals surface area contributed by atoms with Crippen molar-refractivity contribution in [3.05, 3.63) is 30.1 Å². The number of hydrogen-bond donors (Lipinski definition) is 1. The summed E-state index contributed by atoms with van der Waals surface area (Å²) in [5.41, 5.74) is 5.87. The molecule has 0 aliphatic carbocycles. The third-order valence-electron chi connectivity index (χ3n) is 3.01. The molecular weight excluding hydrogens is 231 g/mol. The van der Waals surface area contributed by atoms with Crippen molar-refractivity contribution in [3.8, 4) is 0 Å². The van der Waals surface area contributed by atoms with E-state index in [0.29, 0.717) is 31.1 Å². The lowest BCUT2D eigenvalue weighted by Gasteiger charge is -2.22. The van der Waals surface area contributed by atoms with Crippen LogP contribution in [0.2, 0.25) is 0 Å². The summed E-state index contributed by atoms with van der Waals surface area (Å²) in [6.45, 7) is 4.89. The zero-order valence-electron chi connectivity index (χ0n) is 11.0. The zero-order chi connectivity index (χ0) is 13.5. The predicted octanol–water partition coefficient (Wildman–Crippen LogP) is 2.55. The van der Waals surface area contributed by atoms with E-state index in [0.717, 1.165) is 6.42 Å². The van der Waals surface area contributed by atoms with E-state index in [-0.39, 0.29) is 11.7 Å². The molecule has 0 bridgehead atoms. The summed E-state index contributed by atoms with van der Waals surface area (Å²) >= 11 is 0. The Labute approximate surface area is 108 Å². The van der Waals surface area contributed by atoms with Gasteiger partial charge < -0.3 is 10.6 Å². The summed E-state index contributed by atoms with van der Waals surface area (Å²) in [6, 6.07) is 6.35. The Kier molecular flexibility index (Phi) is 5.78. The number of nitrogens with two attached hydrogens (primary N) is 1. The molecular formula is C14H21FN2O. The maximum Gasteiger partial charge on any atom is 0.227 e. The molecule has 0 radical (unpaired) electrons. The highest BCUT2D eigenvalue weighted by molar-refractivity contribution is 5.93. The minimum atomic E-state index is -0.362. The van der Waals surface area contributed by atoms with Crippen LogP contribution in [0.25, 0.3) is 0 Å². The first-order valence-corrected chi connectivity index (χ1v) is 6.35. The molecule has 0 aromatic heterocycles. The fourth-order valence-corrected chi connectivity index (χ4v) is 1.77. The number of carbonyl (C=O) groups is 1. The summed E-state index contributed by atoms with van der Waals surface area (Å²) in [7, 11) is 0. The lowest BCUT2D eigenvalue weighted by atomic mass is 10.1. The molecule has 18 heavy (non-hydrogen) atoms. The smallest absolute Gasteiger partial charge is 0.227 e. The molecule has 0 aliphatic heterocycles. The Morgan fingerprint density at radius 3 is 2.67 bits per heavy atom. The van der Waals surface area contributed by atoms with Crippen molar-refractivity contribution in [2.45, 2.75) is 26.7 Å². The van der Waals surface area contributed by atoms with Crippen LogP contribution in [0.15, 0.2) is 24.3 Å². The molecule has 1 aromatic rings. The predicted molar refractivity (Wildman–Crippen MR) is 71.9 cm³/mol. The number of hydrogen-bond acceptors (Lipinski definition) is 2. The Morgan fingerprint density at radius 1 is 1.44 bits per heavy atom. The third-order valence-corrected chi connectivity index (χ3v) is 3.01. The highest BCUT2D eigenvalue weighted by Gasteiger charge is 2.17. The highest BCUT2D eigenvalue weighted by atomic mass is 19.1. The van der Waals surface area contributed by atoms with Gasteiger partial charge in [0.25, 0.3) is 0 Å². The number of rotatable bonds is 6. The molecule has 1 aromatic carbocycles. The van der Waals surface area contributed by atoms with Crippen LogP contribution in [0.5, 0.6) is 0 Å². The first-order valence-electron chi connectivity index (χ1n) is 6.35. The number of amides is 1. The summed E-state index contributed by atoms with van der Waals surface area (Å²) in [5.74, 6) is -0.101. The SMILES string of the molecule is CCN(C(=O)CCC(C)CN)c1ccccc1F. The molecule has 0 fully saturated rings. The summed E-state index contributed by atoms with van der Waals surface area (Å²) in [4.78, 5) is 13.6. The van der Waals surface area contributed by atoms with Crippen LogP contribution in [0, 0.1) is 11.7 Å². The second-order valence-electron chi connectivity index (χ2n) is 4.47. The van der Waals surface area contributed by atoms with Gasteiger partial charge in [-0.2, -0.15) is 0 Å². The van der Waals surface area contributed by atoms with Gasteiger partial charge in [-0.3, -0.25) is 4.79 Å². The summed E-state index contributed by atoms with van der Waals surface area (Å²) in [6.07, 6.45) is 1.14. The van der Waals surface area contributed by atoms with Gasteiger partial charge >= 0.3 is 0 Å². The quantitative estimate of drug-likeness (QED) is 0.845. The maximum absolute atomic E-state index is 13.6. The van der Waals surface area contributed by atoms with Gasteiger partial charge in [-0.05, 0) is 37.9 Å². The van der Waals surface area contributed by atoms with Crippen molar-refractivity contribution in [3.63, 3.8) is 0 Å². The molecule has 100 valence electrons. The van der Waals surface area contributed by atoms with Gasteiger partial charge in [-0.1, -0.05) is 19.1 Å². The number of para-hydroxylation sites is 1. The number of anilines is 1. The molecule has 2 N–H and O–H groups in total. The molecule has 0 spiro atoms. The van der Waals surface area contributed by atoms with E-state index in [1.54, 1.807) is 18.2 Å². The number of carbonyl (C=O) groups excluding carboxylic acids is 1. The number of nitrogens with zero attached hydrogens (tertiary/aromatic N) is 1. The first-order chi connectivity index (χ1) is 8.60. The molecule has 0 saturated carbocycles. The van der Waals surface area contributed by atoms with Crippen molar-refractivity contribution >= 4 is 11.6 Å². The molecule has 1 atom stereocenters. The largest absolute Gasteiger partial charge is 0.330 e. The van der Waals surface area contributed by atoms with Gasteiger partial charge in [0.15, 0.2) is 0 Å². The minimum Gasteiger partial charge on any atom is -0.330 e. The van der Waals surface area contributed by atoms with Crippen molar-refractivity contribution in [1.82, 2.24) is 0 Å². The lowest BCUT2D eigenvalue weighted by molar-refractivity contribution is -0.118. The van der Waals surface area contributed by atoms with E-state index in [2.05, 4.69) is 0 Å². The molecule has 0 heterocycles. The van der Waals surface area contributed by atoms with Crippen LogP contribution >= 0.6 is 0 Å². The summed E-state index contributed by atoms with van der Waals surface area (Å²) in [5, 5.41) is 0. The van der Waals surface area contributed by atoms with Gasteiger partial charge in [0.2, 0.25) is 5.91 Å². The lowest BCUT2D eigenvalue weighted by Crippen LogP contribution is -2.31. The van der Waals surface area contributed by atoms with Crippen LogP contribution in [0.1, 0.15) is 26.7 Å². The topological polar surface area (TPSA) is 46.3 Å². The van der Waals surface area contributed by atoms with Crippen molar-refractivity contribution in [2.75, 3.05) is 18.0 Å². The van der Waals surface area contributed by atoms with Crippen LogP contribution in [-0.4, -0.2) is 19.0 Å². The average Bonchev–Trinajstić information content (AvgIpc) is 2.39. The first kappa shape index (κ1) is 14.6. The maximum atomic E-state index is 13.6. The van der Waals surface area contributed by atoms with E-state index < -0.39 is 0 Å². The molecule has 1 rings (SSSR count). The molecule has 0 saturated heterocycles. The number of benzene rings is 1. The van der Waals surface area contributed by atoms with E-state index in [1.165, 1.54) is 11.0 Å². The molecule has 0 aliphatic rings. The van der Waals surface area contributed by atoms with Gasteiger partial charge in [0.1, 0.15) is 5.82 Å². The van der Waals surface area contributed by atoms with Crippen molar-refractivity contribution < 1.29 is 9.18 Å². The number of halogens is 1. The Hall–Kier alpha value is -1.42. The monoisotopic (exact) mass is 252 g/mol. The second-order valence-corrected chi connectivity index (χ2v) is 4.47. The standard InChI is InChI=1S/C14H21FN2O/c1-3-17(13-7-5-4-6-12(13)15)14(18)9-8-11(2)10-16/h4-7,11H,3,8-10,16H2,1-2H3. The van der Waals surface area contributed by atoms with Crippen molar-refractivity contribution in [2.24, 2.45) is 11.7 Å². The molecule has 1 unspecified atom stereocenters. The van der Waals surface area contributed by atoms with Crippen LogP contribution in [-0.2, 0) is 4.79 Å². The fraction of sp³-hybridized carbons (Fsp3) is 0.500. The van der Waals surface area contributed by atoms with E-state index in [9.17, 15) is 9.18 Å². The van der Waals surface area contributed by atoms with Crippen LogP contribution in [0.4, 0.5) is 10.1 Å². The molecule has 1 amide bonds. The van der Waals surface area contributed by atoms with Gasteiger partial charge in [-0.15, -0.1) is 0 Å². The van der Waals surface area contributed by atoms with E-state index in [4.69, 9.17) is 5.73 Å². The molecule has 3 nitrogen and oxygen atoms in total. The molecule has 4 heteroatoms. The highest BCUT2D eigenvalue weighted by Crippen LogP contribution is 2.20.